The molecule has 0 radical (unpaired) electrons. The van der Waals surface area contributed by atoms with Crippen LogP contribution in [0.5, 0.6) is 0 Å². The molecule has 0 aliphatic heterocycles. The summed E-state index contributed by atoms with van der Waals surface area (Å²) in [6, 6.07) is 12.5. The zero-order valence-electron chi connectivity index (χ0n) is 10.3. The zero-order chi connectivity index (χ0) is 13.4. The SMILES string of the molecule is C[NH2+]CCO.O=C([O-])c1cccc2ccccc12. The summed E-state index contributed by atoms with van der Waals surface area (Å²) < 4.78 is 0. The molecule has 2 rings (SSSR count). The predicted octanol–water partition coefficient (Wildman–Crippen LogP) is -0.625. The number of quaternary nitrogens is 1. The van der Waals surface area contributed by atoms with Gasteiger partial charge in [-0.25, -0.2) is 0 Å². The van der Waals surface area contributed by atoms with Crippen molar-refractivity contribution in [2.75, 3.05) is 20.2 Å². The molecule has 3 N–H and O–H groups in total. The Morgan fingerprint density at radius 3 is 2.44 bits per heavy atom. The Labute approximate surface area is 106 Å². The van der Waals surface area contributed by atoms with Crippen LogP contribution in [0.1, 0.15) is 10.4 Å². The van der Waals surface area contributed by atoms with Crippen LogP contribution in [0, 0.1) is 0 Å². The minimum Gasteiger partial charge on any atom is -0.545 e. The van der Waals surface area contributed by atoms with Gasteiger partial charge in [-0.15, -0.1) is 0 Å². The molecule has 4 heteroatoms. The molecule has 18 heavy (non-hydrogen) atoms. The van der Waals surface area contributed by atoms with Crippen LogP contribution in [0.25, 0.3) is 10.8 Å². The molecule has 0 atom stereocenters. The maximum absolute atomic E-state index is 10.7. The van der Waals surface area contributed by atoms with Gasteiger partial charge >= 0.3 is 0 Å². The van der Waals surface area contributed by atoms with Gasteiger partial charge in [0.1, 0.15) is 0 Å². The van der Waals surface area contributed by atoms with Gasteiger partial charge in [-0.05, 0) is 10.8 Å². The molecule has 0 bridgehead atoms. The third kappa shape index (κ3) is 3.84. The van der Waals surface area contributed by atoms with E-state index in [1.54, 1.807) is 18.2 Å². The molecule has 0 unspecified atom stereocenters. The molecule has 0 amide bonds. The average molecular weight is 247 g/mol. The van der Waals surface area contributed by atoms with Gasteiger partial charge in [0.05, 0.1) is 26.2 Å². The molecule has 0 aliphatic rings. The molecule has 0 aliphatic carbocycles. The van der Waals surface area contributed by atoms with Crippen molar-refractivity contribution in [2.45, 2.75) is 0 Å². The summed E-state index contributed by atoms with van der Waals surface area (Å²) in [5.41, 5.74) is 0.248. The Morgan fingerprint density at radius 1 is 1.22 bits per heavy atom. The van der Waals surface area contributed by atoms with Gasteiger partial charge in [-0.2, -0.15) is 0 Å². The lowest BCUT2D eigenvalue weighted by atomic mass is 10.1. The number of hydrogen-bond donors (Lipinski definition) is 2. The largest absolute Gasteiger partial charge is 0.545 e. The third-order valence-electron chi connectivity index (χ3n) is 2.43. The molecular formula is C14H17NO3. The lowest BCUT2D eigenvalue weighted by Crippen LogP contribution is -2.80. The maximum atomic E-state index is 10.7. The van der Waals surface area contributed by atoms with Crippen molar-refractivity contribution in [3.05, 3.63) is 48.0 Å². The van der Waals surface area contributed by atoms with Crippen molar-refractivity contribution in [3.8, 4) is 0 Å². The third-order valence-corrected chi connectivity index (χ3v) is 2.43. The normalized spacial score (nSPS) is 9.67. The summed E-state index contributed by atoms with van der Waals surface area (Å²) in [6.07, 6.45) is 0. The molecule has 0 saturated carbocycles. The Balaban J connectivity index is 0.000000280. The standard InChI is InChI=1S/C11H8O2.C3H9NO/c12-11(13)10-7-3-5-8-4-1-2-6-9(8)10;1-4-2-3-5/h1-7H,(H,12,13);4-5H,2-3H2,1H3. The second kappa shape index (κ2) is 7.42. The number of aromatic carboxylic acids is 1. The second-order valence-corrected chi connectivity index (χ2v) is 3.73. The van der Waals surface area contributed by atoms with Crippen LogP contribution in [-0.2, 0) is 0 Å². The number of likely N-dealkylation sites (N-methyl/N-ethyl adjacent to an activating group) is 1. The van der Waals surface area contributed by atoms with E-state index >= 15 is 0 Å². The van der Waals surface area contributed by atoms with Crippen molar-refractivity contribution < 1.29 is 20.3 Å². The number of aliphatic hydroxyl groups is 1. The second-order valence-electron chi connectivity index (χ2n) is 3.73. The minimum atomic E-state index is -1.13. The van der Waals surface area contributed by atoms with E-state index in [4.69, 9.17) is 5.11 Å². The van der Waals surface area contributed by atoms with Crippen LogP contribution in [-0.4, -0.2) is 31.3 Å². The minimum absolute atomic E-state index is 0.248. The van der Waals surface area contributed by atoms with E-state index in [1.807, 2.05) is 36.6 Å². The molecule has 2 aromatic carbocycles. The molecule has 0 saturated heterocycles. The smallest absolute Gasteiger partial charge is 0.0988 e. The lowest BCUT2D eigenvalue weighted by Gasteiger charge is -2.05. The first-order valence-electron chi connectivity index (χ1n) is 5.78. The predicted molar refractivity (Wildman–Crippen MR) is 68.1 cm³/mol. The van der Waals surface area contributed by atoms with Crippen LogP contribution >= 0.6 is 0 Å². The van der Waals surface area contributed by atoms with Gasteiger partial charge < -0.3 is 20.3 Å². The number of carbonyl (C=O) groups excluding carboxylic acids is 1. The number of benzene rings is 2. The van der Waals surface area contributed by atoms with Crippen LogP contribution < -0.4 is 10.4 Å². The molecular weight excluding hydrogens is 230 g/mol. The summed E-state index contributed by atoms with van der Waals surface area (Å²) in [6.45, 7) is 1.11. The Kier molecular flexibility index (Phi) is 5.84. The Hall–Kier alpha value is -1.91. The van der Waals surface area contributed by atoms with E-state index in [0.717, 1.165) is 17.3 Å². The summed E-state index contributed by atoms with van der Waals surface area (Å²) >= 11 is 0. The molecule has 2 aromatic rings. The monoisotopic (exact) mass is 247 g/mol. The lowest BCUT2D eigenvalue weighted by molar-refractivity contribution is -0.628. The van der Waals surface area contributed by atoms with Crippen molar-refractivity contribution in [1.29, 1.82) is 0 Å². The van der Waals surface area contributed by atoms with Crippen molar-refractivity contribution in [3.63, 3.8) is 0 Å². The van der Waals surface area contributed by atoms with E-state index in [-0.39, 0.29) is 12.2 Å². The van der Waals surface area contributed by atoms with Crippen LogP contribution in [0.3, 0.4) is 0 Å². The number of nitrogens with two attached hydrogens (primary N) is 1. The molecule has 96 valence electrons. The van der Waals surface area contributed by atoms with Gasteiger partial charge in [0.15, 0.2) is 0 Å². The molecule has 0 spiro atoms. The number of aliphatic hydroxyl groups excluding tert-OH is 1. The first kappa shape index (κ1) is 14.2. The fourth-order valence-corrected chi connectivity index (χ4v) is 1.53. The summed E-state index contributed by atoms with van der Waals surface area (Å²) in [7, 11) is 1.93. The Bertz CT molecular complexity index is 504. The molecule has 0 aromatic heterocycles. The maximum Gasteiger partial charge on any atom is 0.0988 e. The van der Waals surface area contributed by atoms with Crippen molar-refractivity contribution in [2.24, 2.45) is 0 Å². The summed E-state index contributed by atoms with van der Waals surface area (Å²) in [4.78, 5) is 10.7. The highest BCUT2D eigenvalue weighted by Gasteiger charge is 1.98. The highest BCUT2D eigenvalue weighted by molar-refractivity contribution is 6.02. The van der Waals surface area contributed by atoms with E-state index in [2.05, 4.69) is 0 Å². The molecule has 0 fully saturated rings. The number of fused-ring (bicyclic) bond motifs is 1. The highest BCUT2D eigenvalue weighted by atomic mass is 16.4. The fourth-order valence-electron chi connectivity index (χ4n) is 1.53. The zero-order valence-corrected chi connectivity index (χ0v) is 10.3. The van der Waals surface area contributed by atoms with E-state index in [1.165, 1.54) is 0 Å². The van der Waals surface area contributed by atoms with E-state index in [9.17, 15) is 9.90 Å². The number of rotatable bonds is 3. The van der Waals surface area contributed by atoms with Crippen LogP contribution in [0.2, 0.25) is 0 Å². The first-order valence-corrected chi connectivity index (χ1v) is 5.78. The molecule has 4 nitrogen and oxygen atoms in total. The van der Waals surface area contributed by atoms with Gasteiger partial charge in [-0.1, -0.05) is 42.5 Å². The number of carbonyl (C=O) groups is 1. The van der Waals surface area contributed by atoms with Gasteiger partial charge in [0, 0.05) is 5.56 Å². The first-order chi connectivity index (χ1) is 8.70. The summed E-state index contributed by atoms with van der Waals surface area (Å²) in [5, 5.41) is 22.3. The average Bonchev–Trinajstić information content (AvgIpc) is 2.39. The number of hydrogen-bond acceptors (Lipinski definition) is 3. The fraction of sp³-hybridized carbons (Fsp3) is 0.214. The Morgan fingerprint density at radius 2 is 1.89 bits per heavy atom. The van der Waals surface area contributed by atoms with Crippen molar-refractivity contribution >= 4 is 16.7 Å². The summed E-state index contributed by atoms with van der Waals surface area (Å²) in [5.74, 6) is -1.13. The molecule has 0 heterocycles. The van der Waals surface area contributed by atoms with Crippen molar-refractivity contribution in [1.82, 2.24) is 0 Å². The van der Waals surface area contributed by atoms with Gasteiger partial charge in [0.2, 0.25) is 0 Å². The van der Waals surface area contributed by atoms with E-state index in [0.29, 0.717) is 0 Å². The van der Waals surface area contributed by atoms with E-state index < -0.39 is 5.97 Å². The van der Waals surface area contributed by atoms with Crippen LogP contribution in [0.4, 0.5) is 0 Å². The number of carboxylic acids is 1. The number of carboxylic acid groups (broad SMARTS) is 1. The highest BCUT2D eigenvalue weighted by Crippen LogP contribution is 2.17. The quantitative estimate of drug-likeness (QED) is 0.758. The topological polar surface area (TPSA) is 77.0 Å². The van der Waals surface area contributed by atoms with Gasteiger partial charge in [-0.3, -0.25) is 0 Å². The van der Waals surface area contributed by atoms with Gasteiger partial charge in [0.25, 0.3) is 0 Å². The van der Waals surface area contributed by atoms with Crippen LogP contribution in [0.15, 0.2) is 42.5 Å².